The summed E-state index contributed by atoms with van der Waals surface area (Å²) in [6.07, 6.45) is 0.641. The highest BCUT2D eigenvalue weighted by Crippen LogP contribution is 2.04. The first-order valence-corrected chi connectivity index (χ1v) is 5.26. The number of methoxy groups -OCH3 is 1. The van der Waals surface area contributed by atoms with Crippen LogP contribution in [-0.4, -0.2) is 55.5 Å². The maximum absolute atomic E-state index is 9.46. The zero-order valence-electron chi connectivity index (χ0n) is 9.57. The molecule has 3 N–H and O–H groups in total. The van der Waals surface area contributed by atoms with E-state index in [1.165, 1.54) is 0 Å². The Kier molecular flexibility index (Phi) is 8.08. The zero-order valence-corrected chi connectivity index (χ0v) is 9.57. The van der Waals surface area contributed by atoms with Crippen molar-refractivity contribution in [2.45, 2.75) is 32.4 Å². The molecule has 0 aromatic heterocycles. The van der Waals surface area contributed by atoms with Crippen molar-refractivity contribution in [2.75, 3.05) is 33.4 Å². The van der Waals surface area contributed by atoms with Gasteiger partial charge >= 0.3 is 0 Å². The molecule has 0 aromatic carbocycles. The average Bonchev–Trinajstić information content (AvgIpc) is 2.22. The van der Waals surface area contributed by atoms with Crippen molar-refractivity contribution >= 4 is 0 Å². The second kappa shape index (κ2) is 8.17. The number of aliphatic hydroxyl groups excluding tert-OH is 1. The third-order valence-electron chi connectivity index (χ3n) is 2.51. The molecule has 2 atom stereocenters. The van der Waals surface area contributed by atoms with Crippen LogP contribution in [0.15, 0.2) is 0 Å². The predicted octanol–water partition coefficient (Wildman–Crippen LogP) is 0.0529. The van der Waals surface area contributed by atoms with Crippen LogP contribution in [0.3, 0.4) is 0 Å². The summed E-state index contributed by atoms with van der Waals surface area (Å²) in [4.78, 5) is 2.21. The number of nitrogens with zero attached hydrogens (tertiary/aromatic N) is 1. The smallest absolute Gasteiger partial charge is 0.0789 e. The Morgan fingerprint density at radius 2 is 2.14 bits per heavy atom. The molecule has 0 aliphatic rings. The fraction of sp³-hybridized carbons (Fsp3) is 1.00. The van der Waals surface area contributed by atoms with Crippen LogP contribution in [0.4, 0.5) is 0 Å². The van der Waals surface area contributed by atoms with Gasteiger partial charge in [-0.1, -0.05) is 6.92 Å². The molecule has 0 amide bonds. The number of ether oxygens (including phenoxy) is 1. The number of nitrogens with two attached hydrogens (primary N) is 1. The Labute approximate surface area is 87.0 Å². The zero-order chi connectivity index (χ0) is 11.0. The standard InChI is InChI=1S/C10H24N2O2/c1-4-9(2)12(5-6-14-3)8-10(13)7-11/h9-10,13H,4-8,11H2,1-3H3. The topological polar surface area (TPSA) is 58.7 Å². The van der Waals surface area contributed by atoms with Crippen LogP contribution in [0.25, 0.3) is 0 Å². The van der Waals surface area contributed by atoms with E-state index in [9.17, 15) is 5.11 Å². The highest BCUT2D eigenvalue weighted by molar-refractivity contribution is 4.70. The molecular formula is C10H24N2O2. The van der Waals surface area contributed by atoms with Crippen molar-refractivity contribution < 1.29 is 9.84 Å². The monoisotopic (exact) mass is 204 g/mol. The Morgan fingerprint density at radius 3 is 2.57 bits per heavy atom. The summed E-state index contributed by atoms with van der Waals surface area (Å²) < 4.78 is 5.03. The van der Waals surface area contributed by atoms with E-state index in [1.54, 1.807) is 7.11 Å². The molecule has 86 valence electrons. The molecule has 0 fully saturated rings. The van der Waals surface area contributed by atoms with Gasteiger partial charge in [-0.15, -0.1) is 0 Å². The van der Waals surface area contributed by atoms with Gasteiger partial charge in [-0.05, 0) is 13.3 Å². The van der Waals surface area contributed by atoms with E-state index in [4.69, 9.17) is 10.5 Å². The van der Waals surface area contributed by atoms with E-state index < -0.39 is 6.10 Å². The van der Waals surface area contributed by atoms with Gasteiger partial charge < -0.3 is 15.6 Å². The van der Waals surface area contributed by atoms with E-state index in [0.29, 0.717) is 25.7 Å². The third-order valence-corrected chi connectivity index (χ3v) is 2.51. The van der Waals surface area contributed by atoms with Gasteiger partial charge in [-0.3, -0.25) is 4.90 Å². The molecule has 0 bridgehead atoms. The van der Waals surface area contributed by atoms with Crippen LogP contribution in [0, 0.1) is 0 Å². The molecular weight excluding hydrogens is 180 g/mol. The fourth-order valence-corrected chi connectivity index (χ4v) is 1.30. The van der Waals surface area contributed by atoms with Crippen molar-refractivity contribution in [3.63, 3.8) is 0 Å². The molecule has 0 aliphatic heterocycles. The van der Waals surface area contributed by atoms with Gasteiger partial charge in [-0.25, -0.2) is 0 Å². The second-order valence-electron chi connectivity index (χ2n) is 3.63. The summed E-state index contributed by atoms with van der Waals surface area (Å²) in [5, 5.41) is 9.46. The highest BCUT2D eigenvalue weighted by Gasteiger charge is 2.14. The second-order valence-corrected chi connectivity index (χ2v) is 3.63. The van der Waals surface area contributed by atoms with Crippen molar-refractivity contribution in [1.29, 1.82) is 0 Å². The van der Waals surface area contributed by atoms with Crippen molar-refractivity contribution in [2.24, 2.45) is 5.73 Å². The first-order chi connectivity index (χ1) is 6.65. The highest BCUT2D eigenvalue weighted by atomic mass is 16.5. The van der Waals surface area contributed by atoms with Crippen LogP contribution >= 0.6 is 0 Å². The minimum Gasteiger partial charge on any atom is -0.390 e. The number of aliphatic hydroxyl groups is 1. The van der Waals surface area contributed by atoms with Crippen molar-refractivity contribution in [3.05, 3.63) is 0 Å². The van der Waals surface area contributed by atoms with Crippen LogP contribution < -0.4 is 5.73 Å². The molecule has 0 saturated carbocycles. The molecule has 0 aliphatic carbocycles. The minimum atomic E-state index is -0.430. The molecule has 0 radical (unpaired) electrons. The van der Waals surface area contributed by atoms with E-state index in [-0.39, 0.29) is 0 Å². The summed E-state index contributed by atoms with van der Waals surface area (Å²) in [6.45, 7) is 6.79. The Morgan fingerprint density at radius 1 is 1.50 bits per heavy atom. The van der Waals surface area contributed by atoms with Crippen LogP contribution in [0.1, 0.15) is 20.3 Å². The van der Waals surface area contributed by atoms with E-state index in [2.05, 4.69) is 18.7 Å². The summed E-state index contributed by atoms with van der Waals surface area (Å²) in [7, 11) is 1.69. The number of hydrogen-bond acceptors (Lipinski definition) is 4. The van der Waals surface area contributed by atoms with Gasteiger partial charge in [0.1, 0.15) is 0 Å². The molecule has 0 aromatic rings. The van der Waals surface area contributed by atoms with Crippen LogP contribution in [0.2, 0.25) is 0 Å². The van der Waals surface area contributed by atoms with Gasteiger partial charge in [0.2, 0.25) is 0 Å². The molecule has 0 saturated heterocycles. The van der Waals surface area contributed by atoms with E-state index in [0.717, 1.165) is 13.0 Å². The lowest BCUT2D eigenvalue weighted by Crippen LogP contribution is -2.42. The molecule has 0 spiro atoms. The molecule has 0 heterocycles. The molecule has 4 nitrogen and oxygen atoms in total. The molecule has 2 unspecified atom stereocenters. The van der Waals surface area contributed by atoms with Gasteiger partial charge in [0.15, 0.2) is 0 Å². The quantitative estimate of drug-likeness (QED) is 0.587. The minimum absolute atomic E-state index is 0.319. The molecule has 14 heavy (non-hydrogen) atoms. The summed E-state index contributed by atoms with van der Waals surface area (Å²) in [5.41, 5.74) is 5.38. The first kappa shape index (κ1) is 13.8. The fourth-order valence-electron chi connectivity index (χ4n) is 1.30. The SMILES string of the molecule is CCC(C)N(CCOC)CC(O)CN. The largest absolute Gasteiger partial charge is 0.390 e. The maximum Gasteiger partial charge on any atom is 0.0789 e. The van der Waals surface area contributed by atoms with Gasteiger partial charge in [0, 0.05) is 32.8 Å². The summed E-state index contributed by atoms with van der Waals surface area (Å²) >= 11 is 0. The molecule has 4 heteroatoms. The van der Waals surface area contributed by atoms with E-state index >= 15 is 0 Å². The molecule has 0 rings (SSSR count). The van der Waals surface area contributed by atoms with Gasteiger partial charge in [0.05, 0.1) is 12.7 Å². The van der Waals surface area contributed by atoms with Crippen molar-refractivity contribution in [1.82, 2.24) is 4.90 Å². The lowest BCUT2D eigenvalue weighted by molar-refractivity contribution is 0.0707. The summed E-state index contributed by atoms with van der Waals surface area (Å²) in [6, 6.07) is 0.464. The number of rotatable bonds is 8. The first-order valence-electron chi connectivity index (χ1n) is 5.26. The Bertz CT molecular complexity index is 133. The van der Waals surface area contributed by atoms with E-state index in [1.807, 2.05) is 0 Å². The van der Waals surface area contributed by atoms with Crippen molar-refractivity contribution in [3.8, 4) is 0 Å². The maximum atomic E-state index is 9.46. The Balaban J connectivity index is 3.96. The van der Waals surface area contributed by atoms with Gasteiger partial charge in [-0.2, -0.15) is 0 Å². The van der Waals surface area contributed by atoms with Gasteiger partial charge in [0.25, 0.3) is 0 Å². The third kappa shape index (κ3) is 5.54. The predicted molar refractivity (Wildman–Crippen MR) is 58.3 cm³/mol. The number of hydrogen-bond donors (Lipinski definition) is 2. The average molecular weight is 204 g/mol. The lowest BCUT2D eigenvalue weighted by Gasteiger charge is -2.29. The normalized spacial score (nSPS) is 15.9. The van der Waals surface area contributed by atoms with Crippen LogP contribution in [0.5, 0.6) is 0 Å². The Hall–Kier alpha value is -0.160. The lowest BCUT2D eigenvalue weighted by atomic mass is 10.2. The van der Waals surface area contributed by atoms with Crippen LogP contribution in [-0.2, 0) is 4.74 Å². The summed E-state index contributed by atoms with van der Waals surface area (Å²) in [5.74, 6) is 0.